The normalized spacial score (nSPS) is 13.7. The van der Waals surface area contributed by atoms with Gasteiger partial charge in [0.1, 0.15) is 12.4 Å². The van der Waals surface area contributed by atoms with E-state index in [-0.39, 0.29) is 36.7 Å². The third-order valence-electron chi connectivity index (χ3n) is 7.50. The fourth-order valence-electron chi connectivity index (χ4n) is 5.38. The maximum absolute atomic E-state index is 13.8. The molecular weight excluding hydrogens is 557 g/mol. The van der Waals surface area contributed by atoms with E-state index in [0.29, 0.717) is 46.9 Å². The molecule has 1 aliphatic carbocycles. The first kappa shape index (κ1) is 29.6. The fraction of sp³-hybridized carbons (Fsp3) is 0.312. The number of rotatable bonds is 10. The first-order chi connectivity index (χ1) is 20.9. The number of halogens is 1. The van der Waals surface area contributed by atoms with Crippen molar-refractivity contribution in [3.63, 3.8) is 0 Å². The van der Waals surface area contributed by atoms with Crippen LogP contribution in [0.3, 0.4) is 0 Å². The van der Waals surface area contributed by atoms with E-state index in [1.54, 1.807) is 62.5 Å². The van der Waals surface area contributed by atoms with E-state index in [4.69, 9.17) is 23.7 Å². The molecule has 10 nitrogen and oxygen atoms in total. The van der Waals surface area contributed by atoms with Gasteiger partial charge >= 0.3 is 5.97 Å². The predicted molar refractivity (Wildman–Crippen MR) is 155 cm³/mol. The molecule has 0 fully saturated rings. The van der Waals surface area contributed by atoms with E-state index >= 15 is 0 Å². The Balaban J connectivity index is 1.46. The topological polar surface area (TPSA) is 111 Å². The summed E-state index contributed by atoms with van der Waals surface area (Å²) >= 11 is 0. The van der Waals surface area contributed by atoms with Crippen molar-refractivity contribution in [2.75, 3.05) is 28.4 Å². The highest BCUT2D eigenvalue weighted by Gasteiger charge is 2.30. The highest BCUT2D eigenvalue weighted by molar-refractivity contribution is 5.82. The lowest BCUT2D eigenvalue weighted by Gasteiger charge is -2.19. The summed E-state index contributed by atoms with van der Waals surface area (Å²) in [5.41, 5.74) is 3.80. The zero-order chi connectivity index (χ0) is 30.5. The number of methoxy groups -OCH3 is 4. The molecule has 11 heteroatoms. The van der Waals surface area contributed by atoms with Crippen molar-refractivity contribution >= 4 is 5.97 Å². The third-order valence-corrected chi connectivity index (χ3v) is 7.50. The third kappa shape index (κ3) is 6.01. The van der Waals surface area contributed by atoms with Crippen molar-refractivity contribution in [2.24, 2.45) is 0 Å². The van der Waals surface area contributed by atoms with E-state index in [9.17, 15) is 14.0 Å². The Bertz CT molecular complexity index is 1710. The van der Waals surface area contributed by atoms with Crippen LogP contribution < -0.4 is 24.4 Å². The number of carbonyl (C=O) groups is 1. The van der Waals surface area contributed by atoms with Gasteiger partial charge in [0.2, 0.25) is 11.2 Å². The Kier molecular flexibility index (Phi) is 8.89. The summed E-state index contributed by atoms with van der Waals surface area (Å²) in [5.74, 6) is 0.763. The highest BCUT2D eigenvalue weighted by atomic mass is 19.1. The Morgan fingerprint density at radius 1 is 0.977 bits per heavy atom. The van der Waals surface area contributed by atoms with Crippen LogP contribution in [0.4, 0.5) is 4.39 Å². The summed E-state index contributed by atoms with van der Waals surface area (Å²) in [4.78, 5) is 25.5. The van der Waals surface area contributed by atoms with Crippen molar-refractivity contribution in [1.29, 1.82) is 0 Å². The van der Waals surface area contributed by atoms with Crippen LogP contribution in [-0.2, 0) is 29.0 Å². The number of carbonyl (C=O) groups excluding carboxylic acids is 1. The molecule has 0 unspecified atom stereocenters. The van der Waals surface area contributed by atoms with Crippen LogP contribution in [0.1, 0.15) is 41.3 Å². The van der Waals surface area contributed by atoms with Crippen LogP contribution in [0.2, 0.25) is 0 Å². The molecule has 0 radical (unpaired) electrons. The molecule has 4 aromatic rings. The van der Waals surface area contributed by atoms with Gasteiger partial charge in [-0.15, -0.1) is 5.10 Å². The van der Waals surface area contributed by atoms with Gasteiger partial charge in [0, 0.05) is 23.7 Å². The van der Waals surface area contributed by atoms with E-state index in [2.05, 4.69) is 10.3 Å². The van der Waals surface area contributed by atoms with Crippen LogP contribution in [0.25, 0.3) is 11.1 Å². The summed E-state index contributed by atoms with van der Waals surface area (Å²) < 4.78 is 43.2. The van der Waals surface area contributed by atoms with Gasteiger partial charge < -0.3 is 23.7 Å². The molecule has 43 heavy (non-hydrogen) atoms. The van der Waals surface area contributed by atoms with Crippen LogP contribution >= 0.6 is 0 Å². The molecule has 224 valence electrons. The van der Waals surface area contributed by atoms with Crippen molar-refractivity contribution in [1.82, 2.24) is 15.0 Å². The number of aromatic nitrogens is 3. The smallest absolute Gasteiger partial charge is 0.306 e. The zero-order valence-electron chi connectivity index (χ0n) is 24.4. The summed E-state index contributed by atoms with van der Waals surface area (Å²) in [6.45, 7) is -0.144. The average Bonchev–Trinajstić information content (AvgIpc) is 3.35. The van der Waals surface area contributed by atoms with Crippen molar-refractivity contribution in [3.05, 3.63) is 93.2 Å². The largest absolute Gasteiger partial charge is 0.493 e. The minimum Gasteiger partial charge on any atom is -0.493 e. The quantitative estimate of drug-likeness (QED) is 0.243. The molecular formula is C32H32FN3O7. The first-order valence-corrected chi connectivity index (χ1v) is 13.7. The summed E-state index contributed by atoms with van der Waals surface area (Å²) in [6.07, 6.45) is 3.28. The van der Waals surface area contributed by atoms with Gasteiger partial charge in [-0.2, -0.15) is 0 Å². The molecule has 0 N–H and O–H groups in total. The van der Waals surface area contributed by atoms with Gasteiger partial charge in [0.15, 0.2) is 17.2 Å². The molecule has 1 aromatic heterocycles. The minimum atomic E-state index is -0.474. The van der Waals surface area contributed by atoms with E-state index < -0.39 is 11.8 Å². The Morgan fingerprint density at radius 3 is 2.47 bits per heavy atom. The molecule has 0 bridgehead atoms. The predicted octanol–water partition coefficient (Wildman–Crippen LogP) is 4.69. The fourth-order valence-corrected chi connectivity index (χ4v) is 5.38. The summed E-state index contributed by atoms with van der Waals surface area (Å²) in [5, 5.41) is 8.67. The van der Waals surface area contributed by atoms with Crippen molar-refractivity contribution < 1.29 is 32.9 Å². The number of hydrogen-bond donors (Lipinski definition) is 0. The second-order valence-electron chi connectivity index (χ2n) is 9.96. The summed E-state index contributed by atoms with van der Waals surface area (Å²) in [6, 6.07) is 12.7. The van der Waals surface area contributed by atoms with E-state index in [0.717, 1.165) is 16.7 Å². The molecule has 1 heterocycles. The van der Waals surface area contributed by atoms with Gasteiger partial charge in [0.25, 0.3) is 0 Å². The van der Waals surface area contributed by atoms with Crippen molar-refractivity contribution in [3.8, 4) is 34.1 Å². The maximum Gasteiger partial charge on any atom is 0.306 e. The highest BCUT2D eigenvalue weighted by Crippen LogP contribution is 2.50. The molecule has 0 aliphatic heterocycles. The van der Waals surface area contributed by atoms with Gasteiger partial charge in [0.05, 0.1) is 46.6 Å². The number of hydrogen-bond acceptors (Lipinski definition) is 9. The van der Waals surface area contributed by atoms with Crippen molar-refractivity contribution in [2.45, 2.75) is 38.3 Å². The van der Waals surface area contributed by atoms with Gasteiger partial charge in [-0.3, -0.25) is 9.59 Å². The molecule has 0 saturated heterocycles. The van der Waals surface area contributed by atoms with Crippen LogP contribution in [0.5, 0.6) is 23.0 Å². The minimum absolute atomic E-state index is 0.0491. The standard InChI is InChI=1S/C32H32FN3O7/c1-39-27-13-11-22-23(16-26(27)37)25(12-9-19-15-28(40-2)31(41-3)32(42-4)30(19)22)36-17-21(34-35-36)10-14-29(38)43-18-20-7-5-6-8-24(20)33/h5-8,11,13,15-17,25H,9-10,12,14,18H2,1-4H3/t25-/m0/s1. The zero-order valence-corrected chi connectivity index (χ0v) is 24.4. The van der Waals surface area contributed by atoms with Crippen LogP contribution in [0, 0.1) is 5.82 Å². The Labute approximate surface area is 247 Å². The number of fused-ring (bicyclic) bond motifs is 3. The lowest BCUT2D eigenvalue weighted by atomic mass is 9.95. The molecule has 3 aromatic carbocycles. The number of ether oxygens (including phenoxy) is 5. The average molecular weight is 590 g/mol. The summed E-state index contributed by atoms with van der Waals surface area (Å²) in [7, 11) is 6.13. The van der Waals surface area contributed by atoms with Crippen LogP contribution in [-0.4, -0.2) is 49.4 Å². The molecule has 1 atom stereocenters. The van der Waals surface area contributed by atoms with Gasteiger partial charge in [-0.25, -0.2) is 9.07 Å². The second-order valence-corrected chi connectivity index (χ2v) is 9.96. The number of esters is 1. The number of nitrogens with zero attached hydrogens (tertiary/aromatic N) is 3. The van der Waals surface area contributed by atoms with Gasteiger partial charge in [-0.05, 0) is 53.8 Å². The van der Waals surface area contributed by atoms with Gasteiger partial charge in [-0.1, -0.05) is 29.5 Å². The molecule has 5 rings (SSSR count). The lowest BCUT2D eigenvalue weighted by molar-refractivity contribution is -0.145. The van der Waals surface area contributed by atoms with E-state index in [1.165, 1.54) is 13.2 Å². The Hall–Kier alpha value is -4.93. The molecule has 1 aliphatic rings. The molecule has 0 amide bonds. The number of aryl methyl sites for hydroxylation is 2. The maximum atomic E-state index is 13.8. The Morgan fingerprint density at radius 2 is 1.74 bits per heavy atom. The second kappa shape index (κ2) is 12.9. The molecule has 0 spiro atoms. The lowest BCUT2D eigenvalue weighted by Crippen LogP contribution is -2.13. The molecule has 0 saturated carbocycles. The van der Waals surface area contributed by atoms with E-state index in [1.807, 2.05) is 12.1 Å². The van der Waals surface area contributed by atoms with Crippen LogP contribution in [0.15, 0.2) is 59.5 Å². The SMILES string of the molecule is COc1cc2c(c(OC)c1OC)-c1ccc(OC)c(=O)cc1[C@@H](n1cc(CCC(=O)OCc3ccccc3F)nn1)CC2. The monoisotopic (exact) mass is 589 g/mol. The number of benzene rings is 2. The first-order valence-electron chi connectivity index (χ1n) is 13.7.